The first-order valence-corrected chi connectivity index (χ1v) is 11.8. The molecule has 4 aromatic carbocycles. The van der Waals surface area contributed by atoms with E-state index in [-0.39, 0.29) is 0 Å². The molecule has 8 heteroatoms. The van der Waals surface area contributed by atoms with Crippen LogP contribution in [0.1, 0.15) is 0 Å². The smallest absolute Gasteiger partial charge is 0.182 e. The van der Waals surface area contributed by atoms with E-state index in [1.54, 1.807) is 12.1 Å². The molecule has 5 N–H and O–H groups in total. The fourth-order valence-electron chi connectivity index (χ4n) is 3.49. The molecule has 1 aromatic heterocycles. The zero-order valence-corrected chi connectivity index (χ0v) is 18.9. The Morgan fingerprint density at radius 3 is 1.85 bits per heavy atom. The van der Waals surface area contributed by atoms with Crippen molar-refractivity contribution in [2.24, 2.45) is 0 Å². The van der Waals surface area contributed by atoms with Crippen LogP contribution in [0.2, 0.25) is 0 Å². The van der Waals surface area contributed by atoms with Gasteiger partial charge in [-0.1, -0.05) is 42.5 Å². The van der Waals surface area contributed by atoms with Crippen molar-refractivity contribution in [3.8, 4) is 11.1 Å². The summed E-state index contributed by atoms with van der Waals surface area (Å²) in [5, 5.41) is 12.4. The number of nitrogens with zero attached hydrogens (tertiary/aromatic N) is 2. The molecule has 5 rings (SSSR count). The van der Waals surface area contributed by atoms with Crippen LogP contribution in [0.3, 0.4) is 0 Å². The number of fused-ring (bicyclic) bond motifs is 1. The van der Waals surface area contributed by atoms with Gasteiger partial charge in [-0.15, -0.1) is 0 Å². The monoisotopic (exact) mass is 468 g/mol. The molecule has 7 nitrogen and oxygen atoms in total. The molecule has 0 aliphatic heterocycles. The van der Waals surface area contributed by atoms with Crippen molar-refractivity contribution in [3.63, 3.8) is 0 Å². The van der Waals surface area contributed by atoms with Crippen LogP contribution in [0.25, 0.3) is 22.2 Å². The number of hydrogen-bond acceptors (Lipinski definition) is 5. The maximum absolute atomic E-state index is 12.9. The first-order chi connectivity index (χ1) is 16.7. The molecule has 34 heavy (non-hydrogen) atoms. The van der Waals surface area contributed by atoms with E-state index in [2.05, 4.69) is 15.0 Å². The second-order valence-electron chi connectivity index (χ2n) is 7.55. The lowest BCUT2D eigenvalue weighted by Crippen LogP contribution is -2.73. The second kappa shape index (κ2) is 9.80. The van der Waals surface area contributed by atoms with Crippen molar-refractivity contribution >= 4 is 45.0 Å². The molecule has 0 spiro atoms. The Morgan fingerprint density at radius 2 is 1.24 bits per heavy atom. The predicted molar refractivity (Wildman–Crippen MR) is 135 cm³/mol. The van der Waals surface area contributed by atoms with E-state index in [0.29, 0.717) is 22.0 Å². The van der Waals surface area contributed by atoms with E-state index in [1.165, 1.54) is 0 Å². The first kappa shape index (κ1) is 21.7. The summed E-state index contributed by atoms with van der Waals surface area (Å²) < 4.78 is 15.9. The summed E-state index contributed by atoms with van der Waals surface area (Å²) in [6, 6.07) is 32.3. The number of para-hydroxylation sites is 2. The van der Waals surface area contributed by atoms with E-state index in [9.17, 15) is 4.21 Å². The van der Waals surface area contributed by atoms with Gasteiger partial charge in [0.15, 0.2) is 28.3 Å². The van der Waals surface area contributed by atoms with E-state index < -0.39 is 11.0 Å². The molecule has 1 unspecified atom stereocenters. The number of nitrogens with two attached hydrogens (primary N) is 1. The standard InChI is InChI=1S/C26H21N5O2S/c32-30-21-16-12-19(13-17-21)18-10-14-20(15-11-18)27-25-26(29-24-9-5-4-8-23(24)28-25)31-34(33)22-6-2-1-3-7-22/h1-17,30,32H,(H,27,28)(H,29,31)/p+1. The van der Waals surface area contributed by atoms with Gasteiger partial charge < -0.3 is 5.32 Å². The minimum atomic E-state index is -1.49. The largest absolute Gasteiger partial charge is 0.337 e. The van der Waals surface area contributed by atoms with Gasteiger partial charge in [-0.25, -0.2) is 19.4 Å². The fraction of sp³-hybridized carbons (Fsp3) is 0. The van der Waals surface area contributed by atoms with E-state index in [0.717, 1.165) is 33.5 Å². The van der Waals surface area contributed by atoms with Crippen molar-refractivity contribution in [1.29, 1.82) is 0 Å². The molecule has 1 atom stereocenters. The van der Waals surface area contributed by atoms with Crippen LogP contribution in [0.5, 0.6) is 0 Å². The topological polar surface area (TPSA) is 104 Å². The summed E-state index contributed by atoms with van der Waals surface area (Å²) in [7, 11) is -1.49. The number of anilines is 3. The third-order valence-corrected chi connectivity index (χ3v) is 6.34. The van der Waals surface area contributed by atoms with Crippen molar-refractivity contribution < 1.29 is 14.9 Å². The molecule has 168 valence electrons. The Morgan fingerprint density at radius 1 is 0.676 bits per heavy atom. The third kappa shape index (κ3) is 4.79. The molecule has 0 aliphatic rings. The van der Waals surface area contributed by atoms with Gasteiger partial charge in [0.2, 0.25) is 0 Å². The molecule has 0 saturated carbocycles. The van der Waals surface area contributed by atoms with Crippen LogP contribution in [0.15, 0.2) is 108 Å². The second-order valence-corrected chi connectivity index (χ2v) is 8.76. The van der Waals surface area contributed by atoms with Crippen LogP contribution in [0.4, 0.5) is 23.0 Å². The molecular weight excluding hydrogens is 446 g/mol. The van der Waals surface area contributed by atoms with Gasteiger partial charge in [0, 0.05) is 17.8 Å². The predicted octanol–water partition coefficient (Wildman–Crippen LogP) is 4.76. The lowest BCUT2D eigenvalue weighted by atomic mass is 10.1. The van der Waals surface area contributed by atoms with Crippen molar-refractivity contribution in [2.45, 2.75) is 4.90 Å². The molecule has 0 fully saturated rings. The molecule has 5 aromatic rings. The Balaban J connectivity index is 1.44. The Bertz CT molecular complexity index is 1440. The van der Waals surface area contributed by atoms with Crippen molar-refractivity contribution in [3.05, 3.63) is 103 Å². The number of nitrogens with one attached hydrogen (secondary N) is 2. The minimum absolute atomic E-state index is 0.404. The lowest BCUT2D eigenvalue weighted by molar-refractivity contribution is -0.825. The van der Waals surface area contributed by atoms with Crippen molar-refractivity contribution in [1.82, 2.24) is 9.97 Å². The summed E-state index contributed by atoms with van der Waals surface area (Å²) in [5.41, 5.74) is 6.19. The number of hydrogen-bond donors (Lipinski definition) is 4. The van der Waals surface area contributed by atoms with Crippen LogP contribution in [0, 0.1) is 0 Å². The summed E-state index contributed by atoms with van der Waals surface area (Å²) in [6.07, 6.45) is 0. The molecule has 0 bridgehead atoms. The number of aromatic nitrogens is 2. The number of benzene rings is 4. The zero-order chi connectivity index (χ0) is 23.3. The molecular formula is C26H22N5O2S+. The SMILES string of the molecule is O=S(Nc1nc2ccccc2nc1Nc1ccc(-c2ccc([NH2+]O)cc2)cc1)c1ccccc1. The van der Waals surface area contributed by atoms with Gasteiger partial charge in [-0.3, -0.25) is 4.72 Å². The fourth-order valence-corrected chi connectivity index (χ4v) is 4.33. The third-order valence-electron chi connectivity index (χ3n) is 5.26. The van der Waals surface area contributed by atoms with Crippen LogP contribution in [-0.4, -0.2) is 19.4 Å². The molecule has 0 saturated heterocycles. The average molecular weight is 469 g/mol. The van der Waals surface area contributed by atoms with Crippen molar-refractivity contribution in [2.75, 3.05) is 10.0 Å². The quantitative estimate of drug-likeness (QED) is 0.204. The van der Waals surface area contributed by atoms with Crippen LogP contribution >= 0.6 is 0 Å². The van der Waals surface area contributed by atoms with Crippen LogP contribution < -0.4 is 15.5 Å². The Labute approximate surface area is 199 Å². The summed E-state index contributed by atoms with van der Waals surface area (Å²) in [4.78, 5) is 10.0. The molecule has 0 radical (unpaired) electrons. The summed E-state index contributed by atoms with van der Waals surface area (Å²) in [6.45, 7) is 0. The maximum Gasteiger partial charge on any atom is 0.182 e. The van der Waals surface area contributed by atoms with Gasteiger partial charge in [0.1, 0.15) is 0 Å². The van der Waals surface area contributed by atoms with E-state index in [4.69, 9.17) is 10.2 Å². The highest BCUT2D eigenvalue weighted by atomic mass is 32.2. The van der Waals surface area contributed by atoms with E-state index in [1.807, 2.05) is 91.0 Å². The van der Waals surface area contributed by atoms with Gasteiger partial charge in [-0.2, -0.15) is 5.48 Å². The van der Waals surface area contributed by atoms with Gasteiger partial charge >= 0.3 is 0 Å². The van der Waals surface area contributed by atoms with Gasteiger partial charge in [0.05, 0.1) is 15.9 Å². The highest BCUT2D eigenvalue weighted by molar-refractivity contribution is 7.86. The average Bonchev–Trinajstić information content (AvgIpc) is 2.90. The summed E-state index contributed by atoms with van der Waals surface area (Å²) >= 11 is 0. The first-order valence-electron chi connectivity index (χ1n) is 10.6. The molecule has 0 amide bonds. The normalized spacial score (nSPS) is 11.8. The Hall–Kier alpha value is -4.11. The number of quaternary nitrogens is 1. The van der Waals surface area contributed by atoms with Gasteiger partial charge in [0.25, 0.3) is 0 Å². The van der Waals surface area contributed by atoms with Gasteiger partial charge in [-0.05, 0) is 59.7 Å². The highest BCUT2D eigenvalue weighted by Gasteiger charge is 2.13. The van der Waals surface area contributed by atoms with E-state index >= 15 is 0 Å². The molecule has 0 aliphatic carbocycles. The highest BCUT2D eigenvalue weighted by Crippen LogP contribution is 2.28. The number of rotatable bonds is 7. The lowest BCUT2D eigenvalue weighted by Gasteiger charge is -2.13. The summed E-state index contributed by atoms with van der Waals surface area (Å²) in [5.74, 6) is 0.888. The Kier molecular flexibility index (Phi) is 6.26. The van der Waals surface area contributed by atoms with Crippen LogP contribution in [-0.2, 0) is 11.0 Å². The zero-order valence-electron chi connectivity index (χ0n) is 18.1. The maximum atomic E-state index is 12.9. The molecule has 1 heterocycles. The minimum Gasteiger partial charge on any atom is -0.337 e.